The summed E-state index contributed by atoms with van der Waals surface area (Å²) >= 11 is 0. The molecule has 2 aromatic carbocycles. The molecule has 0 bridgehead atoms. The number of unbranched alkanes of at least 4 members (excludes halogenated alkanes) is 1. The summed E-state index contributed by atoms with van der Waals surface area (Å²) in [6, 6.07) is 21.6. The predicted molar refractivity (Wildman–Crippen MR) is 113 cm³/mol. The highest BCUT2D eigenvalue weighted by molar-refractivity contribution is 5.64. The molecule has 0 radical (unpaired) electrons. The van der Waals surface area contributed by atoms with Crippen molar-refractivity contribution >= 4 is 0 Å². The van der Waals surface area contributed by atoms with Crippen molar-refractivity contribution in [2.75, 3.05) is 6.61 Å². The van der Waals surface area contributed by atoms with Crippen LogP contribution in [0.5, 0.6) is 5.75 Å². The minimum atomic E-state index is 0.699. The summed E-state index contributed by atoms with van der Waals surface area (Å²) in [7, 11) is 0. The van der Waals surface area contributed by atoms with E-state index < -0.39 is 0 Å². The van der Waals surface area contributed by atoms with E-state index in [0.29, 0.717) is 6.61 Å². The van der Waals surface area contributed by atoms with Crippen LogP contribution in [0.25, 0.3) is 11.1 Å². The zero-order chi connectivity index (χ0) is 18.9. The molecule has 0 aliphatic rings. The van der Waals surface area contributed by atoms with Gasteiger partial charge in [-0.2, -0.15) is 0 Å². The first-order valence-corrected chi connectivity index (χ1v) is 10.0. The number of pyridine rings is 1. The van der Waals surface area contributed by atoms with Gasteiger partial charge < -0.3 is 4.74 Å². The second-order valence-corrected chi connectivity index (χ2v) is 6.92. The Morgan fingerprint density at radius 3 is 1.93 bits per heavy atom. The van der Waals surface area contributed by atoms with Crippen LogP contribution in [0, 0.1) is 0 Å². The fourth-order valence-electron chi connectivity index (χ4n) is 3.17. The largest absolute Gasteiger partial charge is 0.494 e. The predicted octanol–water partition coefficient (Wildman–Crippen LogP) is 6.28. The molecule has 2 nitrogen and oxygen atoms in total. The molecule has 27 heavy (non-hydrogen) atoms. The molecule has 0 unspecified atom stereocenters. The second kappa shape index (κ2) is 9.91. The maximum Gasteiger partial charge on any atom is 0.119 e. The number of benzene rings is 2. The van der Waals surface area contributed by atoms with Gasteiger partial charge in [0.25, 0.3) is 0 Å². The Morgan fingerprint density at radius 2 is 1.33 bits per heavy atom. The van der Waals surface area contributed by atoms with Crippen LogP contribution >= 0.6 is 0 Å². The molecule has 0 spiro atoms. The Bertz CT molecular complexity index is 804. The Hall–Kier alpha value is -2.61. The van der Waals surface area contributed by atoms with E-state index in [1.165, 1.54) is 40.8 Å². The minimum absolute atomic E-state index is 0.699. The van der Waals surface area contributed by atoms with Crippen LogP contribution < -0.4 is 4.74 Å². The van der Waals surface area contributed by atoms with Gasteiger partial charge in [-0.05, 0) is 73.1 Å². The molecule has 1 heterocycles. The zero-order valence-electron chi connectivity index (χ0n) is 16.4. The zero-order valence-corrected chi connectivity index (χ0v) is 16.4. The van der Waals surface area contributed by atoms with E-state index in [1.54, 1.807) is 0 Å². The van der Waals surface area contributed by atoms with Crippen molar-refractivity contribution in [2.45, 2.75) is 46.0 Å². The van der Waals surface area contributed by atoms with Gasteiger partial charge in [0.1, 0.15) is 5.75 Å². The smallest absolute Gasteiger partial charge is 0.119 e. The molecule has 0 saturated carbocycles. The van der Waals surface area contributed by atoms with E-state index in [9.17, 15) is 0 Å². The Balaban J connectivity index is 1.55. The van der Waals surface area contributed by atoms with Crippen LogP contribution in [0.3, 0.4) is 0 Å². The Morgan fingerprint density at radius 1 is 0.704 bits per heavy atom. The highest BCUT2D eigenvalue weighted by Gasteiger charge is 2.01. The molecule has 0 atom stereocenters. The average Bonchev–Trinajstić information content (AvgIpc) is 2.73. The summed E-state index contributed by atoms with van der Waals surface area (Å²) in [5.74, 6) is 0.923. The Kier molecular flexibility index (Phi) is 7.04. The van der Waals surface area contributed by atoms with Crippen molar-refractivity contribution < 1.29 is 4.74 Å². The van der Waals surface area contributed by atoms with Gasteiger partial charge in [-0.3, -0.25) is 4.98 Å². The lowest BCUT2D eigenvalue weighted by molar-refractivity contribution is 0.340. The van der Waals surface area contributed by atoms with Gasteiger partial charge in [0.15, 0.2) is 0 Å². The van der Waals surface area contributed by atoms with Gasteiger partial charge in [-0.1, -0.05) is 55.8 Å². The average molecular weight is 360 g/mol. The van der Waals surface area contributed by atoms with Crippen LogP contribution in [0.2, 0.25) is 0 Å². The van der Waals surface area contributed by atoms with E-state index in [1.807, 2.05) is 25.3 Å². The maximum absolute atomic E-state index is 5.51. The summed E-state index contributed by atoms with van der Waals surface area (Å²) in [5.41, 5.74) is 6.34. The first-order valence-electron chi connectivity index (χ1n) is 10.0. The third-order valence-corrected chi connectivity index (χ3v) is 4.83. The van der Waals surface area contributed by atoms with Crippen LogP contribution in [0.1, 0.15) is 43.5 Å². The molecule has 2 heteroatoms. The van der Waals surface area contributed by atoms with Crippen molar-refractivity contribution in [2.24, 2.45) is 0 Å². The van der Waals surface area contributed by atoms with E-state index in [4.69, 9.17) is 4.74 Å². The molecule has 3 aromatic rings. The van der Waals surface area contributed by atoms with Crippen molar-refractivity contribution in [3.63, 3.8) is 0 Å². The third kappa shape index (κ3) is 5.68. The molecular formula is C25H29NO. The van der Waals surface area contributed by atoms with Crippen LogP contribution in [0.4, 0.5) is 0 Å². The number of hydrogen-bond donors (Lipinski definition) is 0. The normalized spacial score (nSPS) is 10.7. The first kappa shape index (κ1) is 19.2. The van der Waals surface area contributed by atoms with Gasteiger partial charge >= 0.3 is 0 Å². The maximum atomic E-state index is 5.51. The second-order valence-electron chi connectivity index (χ2n) is 6.92. The van der Waals surface area contributed by atoms with Gasteiger partial charge in [0.2, 0.25) is 0 Å². The van der Waals surface area contributed by atoms with E-state index >= 15 is 0 Å². The number of ether oxygens (including phenoxy) is 1. The fraction of sp³-hybridized carbons (Fsp3) is 0.320. The van der Waals surface area contributed by atoms with Crippen molar-refractivity contribution in [1.29, 1.82) is 0 Å². The highest BCUT2D eigenvalue weighted by Crippen LogP contribution is 2.23. The van der Waals surface area contributed by atoms with Gasteiger partial charge in [-0.25, -0.2) is 0 Å². The molecule has 3 rings (SSSR count). The number of nitrogens with zero attached hydrogens (tertiary/aromatic N) is 1. The molecule has 0 aliphatic heterocycles. The lowest BCUT2D eigenvalue weighted by Gasteiger charge is -2.07. The van der Waals surface area contributed by atoms with Gasteiger partial charge in [-0.15, -0.1) is 0 Å². The quantitative estimate of drug-likeness (QED) is 0.449. The summed E-state index contributed by atoms with van der Waals surface area (Å²) in [5, 5.41) is 0. The molecule has 1 aromatic heterocycles. The van der Waals surface area contributed by atoms with E-state index in [0.717, 1.165) is 25.0 Å². The number of rotatable bonds is 9. The molecule has 0 saturated heterocycles. The molecule has 0 aliphatic carbocycles. The topological polar surface area (TPSA) is 22.1 Å². The Labute approximate surface area is 163 Å². The van der Waals surface area contributed by atoms with Crippen molar-refractivity contribution in [3.05, 3.63) is 83.7 Å². The monoisotopic (exact) mass is 359 g/mol. The lowest BCUT2D eigenvalue weighted by Crippen LogP contribution is -1.95. The van der Waals surface area contributed by atoms with Gasteiger partial charge in [0, 0.05) is 11.9 Å². The fourth-order valence-corrected chi connectivity index (χ4v) is 3.17. The standard InChI is InChI=1S/C25H29NO/c1-3-5-6-24-16-11-21(19-26-24)8-7-20-9-12-22(13-10-20)23-14-17-25(18-15-23)27-4-2/h9-19H,3-8H2,1-2H3. The van der Waals surface area contributed by atoms with Crippen LogP contribution in [0.15, 0.2) is 66.9 Å². The third-order valence-electron chi connectivity index (χ3n) is 4.83. The summed E-state index contributed by atoms with van der Waals surface area (Å²) in [6.07, 6.45) is 7.63. The van der Waals surface area contributed by atoms with E-state index in [-0.39, 0.29) is 0 Å². The molecule has 0 amide bonds. The first-order chi connectivity index (χ1) is 13.3. The molecular weight excluding hydrogens is 330 g/mol. The van der Waals surface area contributed by atoms with Crippen LogP contribution in [-0.4, -0.2) is 11.6 Å². The summed E-state index contributed by atoms with van der Waals surface area (Å²) < 4.78 is 5.51. The van der Waals surface area contributed by atoms with Crippen molar-refractivity contribution in [3.8, 4) is 16.9 Å². The lowest BCUT2D eigenvalue weighted by atomic mass is 10.0. The SMILES string of the molecule is CCCCc1ccc(CCc2ccc(-c3ccc(OCC)cc3)cc2)cn1. The van der Waals surface area contributed by atoms with Crippen LogP contribution in [-0.2, 0) is 19.3 Å². The summed E-state index contributed by atoms with van der Waals surface area (Å²) in [4.78, 5) is 4.59. The van der Waals surface area contributed by atoms with E-state index in [2.05, 4.69) is 60.4 Å². The van der Waals surface area contributed by atoms with Crippen molar-refractivity contribution in [1.82, 2.24) is 4.98 Å². The highest BCUT2D eigenvalue weighted by atomic mass is 16.5. The van der Waals surface area contributed by atoms with Gasteiger partial charge in [0.05, 0.1) is 6.61 Å². The number of aryl methyl sites for hydroxylation is 3. The minimum Gasteiger partial charge on any atom is -0.494 e. The number of aromatic nitrogens is 1. The molecule has 140 valence electrons. The molecule has 0 N–H and O–H groups in total. The molecule has 0 fully saturated rings. The number of hydrogen-bond acceptors (Lipinski definition) is 2. The summed E-state index contributed by atoms with van der Waals surface area (Å²) in [6.45, 7) is 4.92.